The lowest BCUT2D eigenvalue weighted by Crippen LogP contribution is -2.32. The topological polar surface area (TPSA) is 42.4 Å². The molecule has 0 saturated carbocycles. The molecule has 1 heterocycles. The number of amides is 1. The maximum absolute atomic E-state index is 12.2. The number of rotatable bonds is 6. The molecule has 0 saturated heterocycles. The third kappa shape index (κ3) is 3.60. The normalized spacial score (nSPS) is 10.1. The fraction of sp³-hybridized carbons (Fsp3) is 0.500. The summed E-state index contributed by atoms with van der Waals surface area (Å²) in [6.45, 7) is 3.26. The van der Waals surface area contributed by atoms with Crippen molar-refractivity contribution in [2.24, 2.45) is 0 Å². The maximum Gasteiger partial charge on any atom is 0.257 e. The van der Waals surface area contributed by atoms with Gasteiger partial charge in [0.15, 0.2) is 0 Å². The van der Waals surface area contributed by atoms with Gasteiger partial charge in [-0.05, 0) is 19.4 Å². The molecule has 94 valence electrons. The molecule has 1 aromatic rings. The number of carbonyl (C=O) groups is 1. The summed E-state index contributed by atoms with van der Waals surface area (Å²) in [7, 11) is 1.53. The Kier molecular flexibility index (Phi) is 5.77. The van der Waals surface area contributed by atoms with E-state index in [4.69, 9.17) is 16.3 Å². The van der Waals surface area contributed by atoms with Gasteiger partial charge in [-0.2, -0.15) is 0 Å². The third-order valence-electron chi connectivity index (χ3n) is 2.47. The van der Waals surface area contributed by atoms with Crippen molar-refractivity contribution in [1.29, 1.82) is 0 Å². The molecule has 1 amide bonds. The minimum absolute atomic E-state index is 0.0446. The Hall–Kier alpha value is -1.29. The molecule has 1 aromatic heterocycles. The highest BCUT2D eigenvalue weighted by atomic mass is 35.5. The van der Waals surface area contributed by atoms with Crippen LogP contribution in [0, 0.1) is 0 Å². The van der Waals surface area contributed by atoms with E-state index in [1.54, 1.807) is 23.4 Å². The molecule has 0 bridgehead atoms. The van der Waals surface area contributed by atoms with Gasteiger partial charge < -0.3 is 9.64 Å². The molecule has 0 fully saturated rings. The first-order valence-corrected chi connectivity index (χ1v) is 6.11. The number of halogens is 1. The van der Waals surface area contributed by atoms with Gasteiger partial charge in [-0.25, -0.2) is 0 Å². The summed E-state index contributed by atoms with van der Waals surface area (Å²) in [5.41, 5.74) is 0.541. The fourth-order valence-electron chi connectivity index (χ4n) is 1.54. The SMILES string of the molecule is CCN(CCCCl)C(=O)c1ccncc1OC. The van der Waals surface area contributed by atoms with Crippen LogP contribution in [-0.2, 0) is 0 Å². The summed E-state index contributed by atoms with van der Waals surface area (Å²) in [5.74, 6) is 1.01. The van der Waals surface area contributed by atoms with Crippen molar-refractivity contribution >= 4 is 17.5 Å². The number of alkyl halides is 1. The second-order valence-electron chi connectivity index (χ2n) is 3.50. The van der Waals surface area contributed by atoms with Gasteiger partial charge in [-0.1, -0.05) is 0 Å². The van der Waals surface area contributed by atoms with Gasteiger partial charge in [0.25, 0.3) is 5.91 Å². The largest absolute Gasteiger partial charge is 0.494 e. The van der Waals surface area contributed by atoms with Crippen LogP contribution in [0.3, 0.4) is 0 Å². The molecule has 0 aliphatic rings. The lowest BCUT2D eigenvalue weighted by atomic mass is 10.2. The summed E-state index contributed by atoms with van der Waals surface area (Å²) >= 11 is 5.64. The Labute approximate surface area is 107 Å². The monoisotopic (exact) mass is 256 g/mol. The van der Waals surface area contributed by atoms with Crippen LogP contribution < -0.4 is 4.74 Å². The molecule has 1 rings (SSSR count). The highest BCUT2D eigenvalue weighted by Crippen LogP contribution is 2.18. The smallest absolute Gasteiger partial charge is 0.257 e. The van der Waals surface area contributed by atoms with E-state index in [1.165, 1.54) is 7.11 Å². The van der Waals surface area contributed by atoms with E-state index in [0.717, 1.165) is 6.42 Å². The fourth-order valence-corrected chi connectivity index (χ4v) is 1.66. The van der Waals surface area contributed by atoms with E-state index in [9.17, 15) is 4.79 Å². The molecule has 0 radical (unpaired) electrons. The molecule has 0 spiro atoms. The van der Waals surface area contributed by atoms with Crippen molar-refractivity contribution in [2.45, 2.75) is 13.3 Å². The summed E-state index contributed by atoms with van der Waals surface area (Å²) in [5, 5.41) is 0. The second-order valence-corrected chi connectivity index (χ2v) is 3.88. The third-order valence-corrected chi connectivity index (χ3v) is 2.73. The van der Waals surface area contributed by atoms with Gasteiger partial charge in [0.05, 0.1) is 18.9 Å². The summed E-state index contributed by atoms with van der Waals surface area (Å²) in [6, 6.07) is 1.67. The maximum atomic E-state index is 12.2. The Morgan fingerprint density at radius 3 is 2.94 bits per heavy atom. The molecule has 17 heavy (non-hydrogen) atoms. The van der Waals surface area contributed by atoms with Crippen molar-refractivity contribution in [3.63, 3.8) is 0 Å². The molecular formula is C12H17ClN2O2. The van der Waals surface area contributed by atoms with Crippen LogP contribution >= 0.6 is 11.6 Å². The van der Waals surface area contributed by atoms with E-state index in [2.05, 4.69) is 4.98 Å². The molecule has 5 heteroatoms. The molecule has 0 unspecified atom stereocenters. The predicted molar refractivity (Wildman–Crippen MR) is 67.7 cm³/mol. The summed E-state index contributed by atoms with van der Waals surface area (Å²) < 4.78 is 5.13. The Bertz CT molecular complexity index is 371. The molecule has 0 aliphatic heterocycles. The molecule has 0 N–H and O–H groups in total. The van der Waals surface area contributed by atoms with Crippen molar-refractivity contribution in [2.75, 3.05) is 26.1 Å². The molecular weight excluding hydrogens is 240 g/mol. The quantitative estimate of drug-likeness (QED) is 0.733. The highest BCUT2D eigenvalue weighted by molar-refractivity contribution is 6.17. The average molecular weight is 257 g/mol. The van der Waals surface area contributed by atoms with Crippen LogP contribution in [0.25, 0.3) is 0 Å². The lowest BCUT2D eigenvalue weighted by molar-refractivity contribution is 0.0761. The van der Waals surface area contributed by atoms with Crippen LogP contribution in [0.15, 0.2) is 18.5 Å². The number of ether oxygens (including phenoxy) is 1. The number of pyridine rings is 1. The van der Waals surface area contributed by atoms with Crippen LogP contribution in [-0.4, -0.2) is 41.9 Å². The highest BCUT2D eigenvalue weighted by Gasteiger charge is 2.17. The van der Waals surface area contributed by atoms with Crippen molar-refractivity contribution in [3.05, 3.63) is 24.0 Å². The number of hydrogen-bond acceptors (Lipinski definition) is 3. The first-order chi connectivity index (χ1) is 8.24. The van der Waals surface area contributed by atoms with E-state index in [-0.39, 0.29) is 5.91 Å². The Morgan fingerprint density at radius 2 is 2.35 bits per heavy atom. The van der Waals surface area contributed by atoms with Gasteiger partial charge in [0.1, 0.15) is 5.75 Å². The number of nitrogens with zero attached hydrogens (tertiary/aromatic N) is 2. The number of methoxy groups -OCH3 is 1. The second kappa shape index (κ2) is 7.12. The number of carbonyl (C=O) groups excluding carboxylic acids is 1. The molecule has 0 aliphatic carbocycles. The summed E-state index contributed by atoms with van der Waals surface area (Å²) in [6.07, 6.45) is 3.92. The van der Waals surface area contributed by atoms with Crippen LogP contribution in [0.4, 0.5) is 0 Å². The molecule has 0 aromatic carbocycles. The van der Waals surface area contributed by atoms with Crippen molar-refractivity contribution in [3.8, 4) is 5.75 Å². The van der Waals surface area contributed by atoms with Crippen LogP contribution in [0.2, 0.25) is 0 Å². The number of hydrogen-bond donors (Lipinski definition) is 0. The standard InChI is InChI=1S/C12H17ClN2O2/c1-3-15(8-4-6-13)12(16)10-5-7-14-9-11(10)17-2/h5,7,9H,3-4,6,8H2,1-2H3. The first kappa shape index (κ1) is 13.8. The Balaban J connectivity index is 2.85. The van der Waals surface area contributed by atoms with Gasteiger partial charge in [-0.15, -0.1) is 11.6 Å². The van der Waals surface area contributed by atoms with Gasteiger partial charge in [0, 0.05) is 25.2 Å². The summed E-state index contributed by atoms with van der Waals surface area (Å²) in [4.78, 5) is 17.9. The first-order valence-electron chi connectivity index (χ1n) is 5.57. The van der Waals surface area contributed by atoms with Gasteiger partial charge >= 0.3 is 0 Å². The predicted octanol–water partition coefficient (Wildman–Crippen LogP) is 2.18. The zero-order valence-electron chi connectivity index (χ0n) is 10.1. The van der Waals surface area contributed by atoms with Gasteiger partial charge in [-0.3, -0.25) is 9.78 Å². The average Bonchev–Trinajstić information content (AvgIpc) is 2.39. The van der Waals surface area contributed by atoms with Crippen LogP contribution in [0.1, 0.15) is 23.7 Å². The zero-order chi connectivity index (χ0) is 12.7. The van der Waals surface area contributed by atoms with Crippen molar-refractivity contribution < 1.29 is 9.53 Å². The van der Waals surface area contributed by atoms with Crippen molar-refractivity contribution in [1.82, 2.24) is 9.88 Å². The van der Waals surface area contributed by atoms with E-state index >= 15 is 0 Å². The minimum atomic E-state index is -0.0446. The zero-order valence-corrected chi connectivity index (χ0v) is 10.9. The van der Waals surface area contributed by atoms with Gasteiger partial charge in [0.2, 0.25) is 0 Å². The Morgan fingerprint density at radius 1 is 1.59 bits per heavy atom. The van der Waals surface area contributed by atoms with Crippen LogP contribution in [0.5, 0.6) is 5.75 Å². The number of aromatic nitrogens is 1. The lowest BCUT2D eigenvalue weighted by Gasteiger charge is -2.21. The van der Waals surface area contributed by atoms with E-state index in [0.29, 0.717) is 30.3 Å². The van der Waals surface area contributed by atoms with E-state index < -0.39 is 0 Å². The molecule has 0 atom stereocenters. The minimum Gasteiger partial charge on any atom is -0.494 e. The van der Waals surface area contributed by atoms with E-state index in [1.807, 2.05) is 6.92 Å². The molecule has 4 nitrogen and oxygen atoms in total.